The summed E-state index contributed by atoms with van der Waals surface area (Å²) in [7, 11) is 0. The van der Waals surface area contributed by atoms with Gasteiger partial charge in [0, 0.05) is 18.9 Å². The van der Waals surface area contributed by atoms with Gasteiger partial charge in [0.05, 0.1) is 12.6 Å². The average Bonchev–Trinajstić information content (AvgIpc) is 2.70. The van der Waals surface area contributed by atoms with E-state index in [9.17, 15) is 9.90 Å². The van der Waals surface area contributed by atoms with Crippen molar-refractivity contribution in [2.75, 3.05) is 13.2 Å². The molecule has 1 amide bonds. The van der Waals surface area contributed by atoms with Crippen LogP contribution in [-0.2, 0) is 4.79 Å². The van der Waals surface area contributed by atoms with Crippen LogP contribution in [0.5, 0.6) is 0 Å². The standard InChI is InChI=1S/C13H15NO2/c15-8-9-7-14-12(5-6-13(14)16)11-4-2-1-3-10(9)11/h1-4,9,12,15H,5-8H2/t9-,12+/m1/s1. The highest BCUT2D eigenvalue weighted by Crippen LogP contribution is 2.41. The third-order valence-electron chi connectivity index (χ3n) is 3.76. The van der Waals surface area contributed by atoms with E-state index >= 15 is 0 Å². The highest BCUT2D eigenvalue weighted by molar-refractivity contribution is 5.79. The van der Waals surface area contributed by atoms with Crippen molar-refractivity contribution in [1.82, 2.24) is 4.90 Å². The maximum atomic E-state index is 11.7. The van der Waals surface area contributed by atoms with Crippen molar-refractivity contribution in [2.24, 2.45) is 0 Å². The van der Waals surface area contributed by atoms with Gasteiger partial charge in [0.2, 0.25) is 5.91 Å². The highest BCUT2D eigenvalue weighted by Gasteiger charge is 2.39. The summed E-state index contributed by atoms with van der Waals surface area (Å²) in [5, 5.41) is 9.41. The molecular weight excluding hydrogens is 202 g/mol. The number of carbonyl (C=O) groups excluding carboxylic acids is 1. The van der Waals surface area contributed by atoms with Crippen LogP contribution < -0.4 is 0 Å². The van der Waals surface area contributed by atoms with Crippen LogP contribution in [0.15, 0.2) is 24.3 Å². The lowest BCUT2D eigenvalue weighted by Gasteiger charge is -2.36. The van der Waals surface area contributed by atoms with Crippen molar-refractivity contribution in [2.45, 2.75) is 24.8 Å². The second-order valence-electron chi connectivity index (χ2n) is 4.61. The van der Waals surface area contributed by atoms with Crippen molar-refractivity contribution in [3.8, 4) is 0 Å². The number of amides is 1. The van der Waals surface area contributed by atoms with Crippen LogP contribution in [0.4, 0.5) is 0 Å². The average molecular weight is 217 g/mol. The molecule has 1 saturated heterocycles. The molecule has 1 N–H and O–H groups in total. The number of hydrogen-bond donors (Lipinski definition) is 1. The molecule has 3 nitrogen and oxygen atoms in total. The van der Waals surface area contributed by atoms with Gasteiger partial charge in [-0.2, -0.15) is 0 Å². The molecule has 0 radical (unpaired) electrons. The van der Waals surface area contributed by atoms with Crippen molar-refractivity contribution >= 4 is 5.91 Å². The minimum Gasteiger partial charge on any atom is -0.396 e. The number of aliphatic hydroxyl groups is 1. The number of nitrogens with zero attached hydrogens (tertiary/aromatic N) is 1. The Bertz CT molecular complexity index is 430. The van der Waals surface area contributed by atoms with Crippen molar-refractivity contribution in [1.29, 1.82) is 0 Å². The maximum Gasteiger partial charge on any atom is 0.223 e. The van der Waals surface area contributed by atoms with Crippen molar-refractivity contribution in [3.05, 3.63) is 35.4 Å². The lowest BCUT2D eigenvalue weighted by Crippen LogP contribution is -2.37. The fourth-order valence-corrected chi connectivity index (χ4v) is 2.96. The summed E-state index contributed by atoms with van der Waals surface area (Å²) in [6.45, 7) is 0.796. The van der Waals surface area contributed by atoms with E-state index < -0.39 is 0 Å². The molecule has 0 spiro atoms. The molecule has 1 aromatic rings. The maximum absolute atomic E-state index is 11.7. The zero-order valence-electron chi connectivity index (χ0n) is 9.10. The van der Waals surface area contributed by atoms with E-state index in [1.807, 2.05) is 17.0 Å². The quantitative estimate of drug-likeness (QED) is 0.773. The summed E-state index contributed by atoms with van der Waals surface area (Å²) in [5.41, 5.74) is 2.46. The molecule has 3 rings (SSSR count). The van der Waals surface area contributed by atoms with Crippen molar-refractivity contribution < 1.29 is 9.90 Å². The van der Waals surface area contributed by atoms with E-state index in [0.717, 1.165) is 6.42 Å². The van der Waals surface area contributed by atoms with E-state index in [4.69, 9.17) is 0 Å². The predicted octanol–water partition coefficient (Wildman–Crippen LogP) is 1.44. The first kappa shape index (κ1) is 9.85. The van der Waals surface area contributed by atoms with Gasteiger partial charge in [-0.15, -0.1) is 0 Å². The van der Waals surface area contributed by atoms with Crippen LogP contribution in [0.2, 0.25) is 0 Å². The molecule has 16 heavy (non-hydrogen) atoms. The molecule has 1 fully saturated rings. The lowest BCUT2D eigenvalue weighted by molar-refractivity contribution is -0.129. The van der Waals surface area contributed by atoms with E-state index in [1.165, 1.54) is 11.1 Å². The van der Waals surface area contributed by atoms with Gasteiger partial charge in [-0.1, -0.05) is 24.3 Å². The third-order valence-corrected chi connectivity index (χ3v) is 3.76. The molecule has 0 saturated carbocycles. The van der Waals surface area contributed by atoms with Crippen LogP contribution in [0.25, 0.3) is 0 Å². The van der Waals surface area contributed by atoms with E-state index in [-0.39, 0.29) is 24.5 Å². The Balaban J connectivity index is 2.08. The summed E-state index contributed by atoms with van der Waals surface area (Å²) >= 11 is 0. The van der Waals surface area contributed by atoms with Gasteiger partial charge in [0.15, 0.2) is 0 Å². The van der Waals surface area contributed by atoms with Gasteiger partial charge in [0.1, 0.15) is 0 Å². The SMILES string of the molecule is O=C1CC[C@H]2c3ccccc3[C@@H](CO)CN12. The Morgan fingerprint density at radius 1 is 1.31 bits per heavy atom. The second-order valence-corrected chi connectivity index (χ2v) is 4.61. The molecule has 0 aromatic heterocycles. The number of carbonyl (C=O) groups is 1. The Morgan fingerprint density at radius 3 is 2.81 bits per heavy atom. The van der Waals surface area contributed by atoms with Gasteiger partial charge in [-0.05, 0) is 17.5 Å². The molecule has 2 heterocycles. The first-order valence-electron chi connectivity index (χ1n) is 5.80. The van der Waals surface area contributed by atoms with E-state index in [1.54, 1.807) is 0 Å². The predicted molar refractivity (Wildman–Crippen MR) is 60.0 cm³/mol. The molecule has 3 heteroatoms. The Kier molecular flexibility index (Phi) is 2.21. The fraction of sp³-hybridized carbons (Fsp3) is 0.462. The molecule has 84 valence electrons. The molecule has 0 unspecified atom stereocenters. The zero-order valence-corrected chi connectivity index (χ0v) is 9.10. The molecule has 2 atom stereocenters. The van der Waals surface area contributed by atoms with Gasteiger partial charge < -0.3 is 10.0 Å². The fourth-order valence-electron chi connectivity index (χ4n) is 2.96. The normalized spacial score (nSPS) is 27.8. The van der Waals surface area contributed by atoms with Gasteiger partial charge >= 0.3 is 0 Å². The topological polar surface area (TPSA) is 40.5 Å². The smallest absolute Gasteiger partial charge is 0.223 e. The zero-order chi connectivity index (χ0) is 11.1. The Labute approximate surface area is 94.7 Å². The number of fused-ring (bicyclic) bond motifs is 3. The monoisotopic (exact) mass is 217 g/mol. The molecular formula is C13H15NO2. The molecule has 0 aliphatic carbocycles. The summed E-state index contributed by atoms with van der Waals surface area (Å²) in [6.07, 6.45) is 1.57. The number of benzene rings is 1. The number of aliphatic hydroxyl groups excluding tert-OH is 1. The summed E-state index contributed by atoms with van der Waals surface area (Å²) < 4.78 is 0. The molecule has 0 bridgehead atoms. The molecule has 2 aliphatic rings. The second kappa shape index (κ2) is 3.59. The van der Waals surface area contributed by atoms with Crippen LogP contribution in [0.3, 0.4) is 0 Å². The number of hydrogen-bond acceptors (Lipinski definition) is 2. The molecule has 1 aromatic carbocycles. The Hall–Kier alpha value is -1.35. The molecule has 2 aliphatic heterocycles. The summed E-state index contributed by atoms with van der Waals surface area (Å²) in [4.78, 5) is 13.7. The highest BCUT2D eigenvalue weighted by atomic mass is 16.3. The largest absolute Gasteiger partial charge is 0.396 e. The van der Waals surface area contributed by atoms with Crippen LogP contribution in [0, 0.1) is 0 Å². The van der Waals surface area contributed by atoms with E-state index in [2.05, 4.69) is 12.1 Å². The Morgan fingerprint density at radius 2 is 2.06 bits per heavy atom. The third kappa shape index (κ3) is 1.28. The summed E-state index contributed by atoms with van der Waals surface area (Å²) in [6, 6.07) is 8.45. The van der Waals surface area contributed by atoms with Gasteiger partial charge in [-0.25, -0.2) is 0 Å². The summed E-state index contributed by atoms with van der Waals surface area (Å²) in [5.74, 6) is 0.326. The van der Waals surface area contributed by atoms with E-state index in [0.29, 0.717) is 13.0 Å². The van der Waals surface area contributed by atoms with Crippen molar-refractivity contribution in [3.63, 3.8) is 0 Å². The minimum atomic E-state index is 0.0921. The minimum absolute atomic E-state index is 0.0921. The van der Waals surface area contributed by atoms with Crippen LogP contribution in [0.1, 0.15) is 35.9 Å². The van der Waals surface area contributed by atoms with Gasteiger partial charge in [0.25, 0.3) is 0 Å². The van der Waals surface area contributed by atoms with Crippen LogP contribution >= 0.6 is 0 Å². The lowest BCUT2D eigenvalue weighted by atomic mass is 9.86. The number of rotatable bonds is 1. The van der Waals surface area contributed by atoms with Gasteiger partial charge in [-0.3, -0.25) is 4.79 Å². The van der Waals surface area contributed by atoms with Crippen LogP contribution in [-0.4, -0.2) is 29.1 Å². The first-order chi connectivity index (χ1) is 7.81. The first-order valence-corrected chi connectivity index (χ1v) is 5.80.